The summed E-state index contributed by atoms with van der Waals surface area (Å²) in [4.78, 5) is 27.7. The van der Waals surface area contributed by atoms with Crippen LogP contribution in [0.15, 0.2) is 42.0 Å². The molecule has 8 heteroatoms. The van der Waals surface area contributed by atoms with Crippen LogP contribution in [0.3, 0.4) is 0 Å². The van der Waals surface area contributed by atoms with Crippen LogP contribution in [0.2, 0.25) is 10.0 Å². The Morgan fingerprint density at radius 3 is 2.29 bits per heavy atom. The van der Waals surface area contributed by atoms with Crippen LogP contribution in [0.25, 0.3) is 5.76 Å². The Hall–Kier alpha value is -2.54. The van der Waals surface area contributed by atoms with Crippen molar-refractivity contribution in [3.8, 4) is 5.75 Å². The number of amides is 1. The zero-order valence-corrected chi connectivity index (χ0v) is 21.5. The highest BCUT2D eigenvalue weighted by molar-refractivity contribution is 6.46. The number of halogens is 2. The number of likely N-dealkylation sites (tertiary alicyclic amines) is 1. The van der Waals surface area contributed by atoms with Gasteiger partial charge in [0.15, 0.2) is 0 Å². The summed E-state index contributed by atoms with van der Waals surface area (Å²) in [5.74, 6) is -1.69. The number of ether oxygens (including phenoxy) is 2. The van der Waals surface area contributed by atoms with Gasteiger partial charge in [-0.2, -0.15) is 0 Å². The summed E-state index contributed by atoms with van der Waals surface area (Å²) in [5, 5.41) is 11.8. The van der Waals surface area contributed by atoms with E-state index < -0.39 is 23.5 Å². The van der Waals surface area contributed by atoms with Crippen molar-refractivity contribution < 1.29 is 24.2 Å². The maximum Gasteiger partial charge on any atom is 0.295 e. The maximum absolute atomic E-state index is 13.2. The van der Waals surface area contributed by atoms with E-state index in [1.807, 2.05) is 24.3 Å². The second-order valence-electron chi connectivity index (χ2n) is 9.18. The van der Waals surface area contributed by atoms with Gasteiger partial charge in [-0.3, -0.25) is 9.59 Å². The normalized spacial score (nSPS) is 18.0. The Balaban J connectivity index is 2.21. The Bertz CT molecular complexity index is 1120. The van der Waals surface area contributed by atoms with Crippen LogP contribution in [-0.4, -0.2) is 49.1 Å². The SMILES string of the molecule is COCCCN1C(=O)C(=O)/C(=C(/O)c2cc(Cl)cc(Cl)c2OC)C1c1ccc(C(C)(C)C)cc1. The standard InChI is InChI=1S/C26H29Cl2NO5/c1-26(2,3)16-9-7-15(8-10-16)21-20(23(31)25(32)29(21)11-6-12-33-4)22(30)18-13-17(27)14-19(28)24(18)34-5/h7-10,13-14,21,30H,6,11-12H2,1-5H3/b22-20+. The van der Waals surface area contributed by atoms with Crippen LogP contribution < -0.4 is 4.74 Å². The number of hydrogen-bond acceptors (Lipinski definition) is 5. The molecule has 3 rings (SSSR count). The number of rotatable bonds is 7. The van der Waals surface area contributed by atoms with E-state index in [-0.39, 0.29) is 38.9 Å². The summed E-state index contributed by atoms with van der Waals surface area (Å²) in [6.07, 6.45) is 0.534. The molecule has 1 atom stereocenters. The first-order valence-corrected chi connectivity index (χ1v) is 11.7. The molecule has 1 aliphatic heterocycles. The van der Waals surface area contributed by atoms with Crippen LogP contribution in [-0.2, 0) is 19.7 Å². The number of methoxy groups -OCH3 is 2. The fraction of sp³-hybridized carbons (Fsp3) is 0.385. The third-order valence-electron chi connectivity index (χ3n) is 5.85. The molecule has 6 nitrogen and oxygen atoms in total. The largest absolute Gasteiger partial charge is 0.507 e. The molecular formula is C26H29Cl2NO5. The Kier molecular flexibility index (Phi) is 7.96. The van der Waals surface area contributed by atoms with Gasteiger partial charge in [-0.25, -0.2) is 0 Å². The molecule has 0 bridgehead atoms. The number of aliphatic hydroxyl groups excluding tert-OH is 1. The monoisotopic (exact) mass is 505 g/mol. The molecule has 0 aliphatic carbocycles. The average Bonchev–Trinajstić information content (AvgIpc) is 3.03. The maximum atomic E-state index is 13.2. The highest BCUT2D eigenvalue weighted by atomic mass is 35.5. The first-order chi connectivity index (χ1) is 16.0. The third-order valence-corrected chi connectivity index (χ3v) is 6.35. The van der Waals surface area contributed by atoms with Gasteiger partial charge < -0.3 is 19.5 Å². The highest BCUT2D eigenvalue weighted by Gasteiger charge is 2.46. The molecule has 1 aliphatic rings. The fourth-order valence-electron chi connectivity index (χ4n) is 4.09. The van der Waals surface area contributed by atoms with Crippen molar-refractivity contribution in [3.63, 3.8) is 0 Å². The molecule has 0 saturated carbocycles. The van der Waals surface area contributed by atoms with Crippen molar-refractivity contribution in [1.82, 2.24) is 4.90 Å². The van der Waals surface area contributed by atoms with Gasteiger partial charge in [-0.15, -0.1) is 0 Å². The topological polar surface area (TPSA) is 76.1 Å². The molecule has 34 heavy (non-hydrogen) atoms. The van der Waals surface area contributed by atoms with Gasteiger partial charge in [0, 0.05) is 25.3 Å². The van der Waals surface area contributed by atoms with Crippen molar-refractivity contribution in [2.24, 2.45) is 0 Å². The minimum Gasteiger partial charge on any atom is -0.507 e. The van der Waals surface area contributed by atoms with E-state index in [0.717, 1.165) is 5.56 Å². The zero-order valence-electron chi connectivity index (χ0n) is 19.9. The van der Waals surface area contributed by atoms with Gasteiger partial charge in [-0.05, 0) is 35.1 Å². The predicted molar refractivity (Wildman–Crippen MR) is 134 cm³/mol. The number of carbonyl (C=O) groups is 2. The van der Waals surface area contributed by atoms with Gasteiger partial charge in [0.05, 0.1) is 29.3 Å². The van der Waals surface area contributed by atoms with E-state index in [9.17, 15) is 14.7 Å². The molecule has 0 radical (unpaired) electrons. The lowest BCUT2D eigenvalue weighted by atomic mass is 9.85. The quantitative estimate of drug-likeness (QED) is 0.224. The van der Waals surface area contributed by atoms with Crippen molar-refractivity contribution in [2.45, 2.75) is 38.6 Å². The van der Waals surface area contributed by atoms with Gasteiger partial charge in [-0.1, -0.05) is 68.2 Å². The van der Waals surface area contributed by atoms with Gasteiger partial charge in [0.1, 0.15) is 11.5 Å². The molecule has 1 heterocycles. The van der Waals surface area contributed by atoms with E-state index in [0.29, 0.717) is 18.6 Å². The summed E-state index contributed by atoms with van der Waals surface area (Å²) in [6.45, 7) is 7.03. The number of hydrogen-bond donors (Lipinski definition) is 1. The first-order valence-electron chi connectivity index (χ1n) is 10.9. The van der Waals surface area contributed by atoms with E-state index in [1.54, 1.807) is 7.11 Å². The van der Waals surface area contributed by atoms with Crippen molar-refractivity contribution >= 4 is 40.7 Å². The lowest BCUT2D eigenvalue weighted by Crippen LogP contribution is -2.31. The summed E-state index contributed by atoms with van der Waals surface area (Å²) in [6, 6.07) is 9.87. The van der Waals surface area contributed by atoms with E-state index >= 15 is 0 Å². The van der Waals surface area contributed by atoms with Crippen LogP contribution in [0, 0.1) is 0 Å². The number of Topliss-reactive ketones (excluding diaryl/α,β-unsaturated/α-hetero) is 1. The molecule has 2 aromatic carbocycles. The van der Waals surface area contributed by atoms with Crippen LogP contribution in [0.5, 0.6) is 5.75 Å². The summed E-state index contributed by atoms with van der Waals surface area (Å²) < 4.78 is 10.5. The van der Waals surface area contributed by atoms with Crippen molar-refractivity contribution in [1.29, 1.82) is 0 Å². The molecular weight excluding hydrogens is 477 g/mol. The molecule has 1 fully saturated rings. The smallest absolute Gasteiger partial charge is 0.295 e. The number of benzene rings is 2. The van der Waals surface area contributed by atoms with Crippen LogP contribution in [0.1, 0.15) is 49.9 Å². The first kappa shape index (κ1) is 26.1. The van der Waals surface area contributed by atoms with Crippen LogP contribution in [0.4, 0.5) is 0 Å². The average molecular weight is 506 g/mol. The minimum absolute atomic E-state index is 0.0393. The summed E-state index contributed by atoms with van der Waals surface area (Å²) in [5.41, 5.74) is 1.85. The van der Waals surface area contributed by atoms with Gasteiger partial charge in [0.25, 0.3) is 11.7 Å². The second kappa shape index (κ2) is 10.4. The molecule has 1 amide bonds. The molecule has 182 valence electrons. The molecule has 2 aromatic rings. The number of carbonyl (C=O) groups excluding carboxylic acids is 2. The van der Waals surface area contributed by atoms with Crippen molar-refractivity contribution in [2.75, 3.05) is 27.4 Å². The van der Waals surface area contributed by atoms with Crippen molar-refractivity contribution in [3.05, 3.63) is 68.7 Å². The number of ketones is 1. The lowest BCUT2D eigenvalue weighted by molar-refractivity contribution is -0.140. The third kappa shape index (κ3) is 5.09. The molecule has 0 aromatic heterocycles. The predicted octanol–water partition coefficient (Wildman–Crippen LogP) is 5.76. The Morgan fingerprint density at radius 1 is 1.09 bits per heavy atom. The Morgan fingerprint density at radius 2 is 1.74 bits per heavy atom. The molecule has 1 N–H and O–H groups in total. The lowest BCUT2D eigenvalue weighted by Gasteiger charge is -2.26. The number of aliphatic hydroxyl groups is 1. The highest BCUT2D eigenvalue weighted by Crippen LogP contribution is 2.43. The minimum atomic E-state index is -0.784. The summed E-state index contributed by atoms with van der Waals surface area (Å²) >= 11 is 12.4. The van der Waals surface area contributed by atoms with E-state index in [1.165, 1.54) is 24.1 Å². The number of nitrogens with zero attached hydrogens (tertiary/aromatic N) is 1. The fourth-order valence-corrected chi connectivity index (χ4v) is 4.66. The second-order valence-corrected chi connectivity index (χ2v) is 10.0. The van der Waals surface area contributed by atoms with E-state index in [4.69, 9.17) is 32.7 Å². The van der Waals surface area contributed by atoms with Gasteiger partial charge in [0.2, 0.25) is 0 Å². The molecule has 0 spiro atoms. The Labute approximate surface area is 210 Å². The van der Waals surface area contributed by atoms with E-state index in [2.05, 4.69) is 20.8 Å². The molecule has 1 saturated heterocycles. The van der Waals surface area contributed by atoms with Crippen LogP contribution >= 0.6 is 23.2 Å². The zero-order chi connectivity index (χ0) is 25.2. The molecule has 1 unspecified atom stereocenters. The van der Waals surface area contributed by atoms with Gasteiger partial charge >= 0.3 is 0 Å². The summed E-state index contributed by atoms with van der Waals surface area (Å²) in [7, 11) is 2.98.